The third kappa shape index (κ3) is 5.60. The topological polar surface area (TPSA) is 15.7 Å². The minimum absolute atomic E-state index is 0.852. The number of rotatable bonds is 7. The molecule has 0 aliphatic carbocycles. The van der Waals surface area contributed by atoms with Crippen LogP contribution in [0.15, 0.2) is 218 Å². The molecule has 3 nitrogen and oxygen atoms in total. The summed E-state index contributed by atoms with van der Waals surface area (Å²) < 4.78 is 6.84. The molecule has 0 aromatic heterocycles. The number of fused-ring (bicyclic) bond motifs is 6. The van der Waals surface area contributed by atoms with Crippen LogP contribution in [0.5, 0.6) is 11.5 Å². The van der Waals surface area contributed by atoms with Gasteiger partial charge in [0.25, 0.3) is 0 Å². The number of hydrogen-bond acceptors (Lipinski definition) is 3. The van der Waals surface area contributed by atoms with Gasteiger partial charge in [-0.05, 0) is 135 Å². The summed E-state index contributed by atoms with van der Waals surface area (Å²) in [5.41, 5.74) is 11.2. The second-order valence-electron chi connectivity index (χ2n) is 14.5. The van der Waals surface area contributed by atoms with Crippen LogP contribution < -0.4 is 14.5 Å². The SMILES string of the molecule is c1ccc(N(c2ccccc2)c2ccc(-c3cc4c5cccc6c5c(cc4c4ccccc34)-c3ccc(N(c4ccccc4)c4ccccc4)cc3O6)cc2)cc1. The van der Waals surface area contributed by atoms with E-state index in [9.17, 15) is 0 Å². The molecule has 0 N–H and O–H groups in total. The van der Waals surface area contributed by atoms with Gasteiger partial charge in [0.1, 0.15) is 11.5 Å². The average Bonchev–Trinajstić information content (AvgIpc) is 3.28. The lowest BCUT2D eigenvalue weighted by molar-refractivity contribution is 0.487. The summed E-state index contributed by atoms with van der Waals surface area (Å²) in [5, 5.41) is 7.24. The molecule has 0 bridgehead atoms. The van der Waals surface area contributed by atoms with E-state index in [1.54, 1.807) is 0 Å². The van der Waals surface area contributed by atoms with Gasteiger partial charge in [-0.25, -0.2) is 0 Å². The van der Waals surface area contributed by atoms with E-state index in [1.807, 2.05) is 0 Å². The summed E-state index contributed by atoms with van der Waals surface area (Å²) in [6.45, 7) is 0. The summed E-state index contributed by atoms with van der Waals surface area (Å²) in [6, 6.07) is 77.9. The van der Waals surface area contributed by atoms with Gasteiger partial charge in [0.05, 0.1) is 0 Å². The van der Waals surface area contributed by atoms with Crippen molar-refractivity contribution in [3.8, 4) is 33.8 Å². The molecule has 0 spiro atoms. The lowest BCUT2D eigenvalue weighted by atomic mass is 9.86. The van der Waals surface area contributed by atoms with Crippen LogP contribution in [0, 0.1) is 0 Å². The molecule has 0 atom stereocenters. The van der Waals surface area contributed by atoms with Gasteiger partial charge in [0.15, 0.2) is 0 Å². The van der Waals surface area contributed by atoms with Crippen molar-refractivity contribution >= 4 is 66.4 Å². The number of anilines is 6. The van der Waals surface area contributed by atoms with Crippen molar-refractivity contribution in [1.82, 2.24) is 0 Å². The van der Waals surface area contributed by atoms with Crippen LogP contribution in [0.4, 0.5) is 34.1 Å². The number of para-hydroxylation sites is 4. The summed E-state index contributed by atoms with van der Waals surface area (Å²) in [7, 11) is 0. The van der Waals surface area contributed by atoms with Gasteiger partial charge in [-0.15, -0.1) is 0 Å². The van der Waals surface area contributed by atoms with Crippen LogP contribution in [0.25, 0.3) is 54.6 Å². The van der Waals surface area contributed by atoms with Gasteiger partial charge in [0, 0.05) is 51.1 Å². The van der Waals surface area contributed by atoms with Crippen molar-refractivity contribution in [3.05, 3.63) is 218 Å². The van der Waals surface area contributed by atoms with Gasteiger partial charge < -0.3 is 14.5 Å². The maximum absolute atomic E-state index is 6.84. The van der Waals surface area contributed by atoms with Crippen LogP contribution in [0.2, 0.25) is 0 Å². The molecule has 0 saturated carbocycles. The van der Waals surface area contributed by atoms with Gasteiger partial charge >= 0.3 is 0 Å². The Morgan fingerprint density at radius 3 is 1.32 bits per heavy atom. The molecule has 1 heterocycles. The highest BCUT2D eigenvalue weighted by molar-refractivity contribution is 6.25. The molecule has 10 aromatic carbocycles. The third-order valence-electron chi connectivity index (χ3n) is 11.2. The van der Waals surface area contributed by atoms with Gasteiger partial charge in [0.2, 0.25) is 0 Å². The first-order chi connectivity index (χ1) is 28.3. The Labute approximate surface area is 331 Å². The molecule has 3 heteroatoms. The monoisotopic (exact) mass is 728 g/mol. The zero-order chi connectivity index (χ0) is 37.7. The van der Waals surface area contributed by atoms with Gasteiger partial charge in [-0.2, -0.15) is 0 Å². The van der Waals surface area contributed by atoms with Crippen molar-refractivity contribution in [2.75, 3.05) is 9.80 Å². The largest absolute Gasteiger partial charge is 0.456 e. The number of benzene rings is 10. The quantitative estimate of drug-likeness (QED) is 0.152. The van der Waals surface area contributed by atoms with E-state index in [2.05, 4.69) is 228 Å². The van der Waals surface area contributed by atoms with E-state index in [0.717, 1.165) is 56.6 Å². The number of ether oxygens (including phenoxy) is 1. The molecule has 0 radical (unpaired) electrons. The van der Waals surface area contributed by atoms with Crippen LogP contribution in [0.1, 0.15) is 0 Å². The molecule has 268 valence electrons. The van der Waals surface area contributed by atoms with E-state index < -0.39 is 0 Å². The van der Waals surface area contributed by atoms with Crippen molar-refractivity contribution in [2.24, 2.45) is 0 Å². The molecule has 57 heavy (non-hydrogen) atoms. The molecule has 1 aliphatic rings. The van der Waals surface area contributed by atoms with E-state index in [1.165, 1.54) is 43.6 Å². The van der Waals surface area contributed by atoms with Gasteiger partial charge in [-0.1, -0.05) is 121 Å². The Bertz CT molecular complexity index is 2990. The summed E-state index contributed by atoms with van der Waals surface area (Å²) in [5.74, 6) is 1.73. The second-order valence-corrected chi connectivity index (χ2v) is 14.5. The third-order valence-corrected chi connectivity index (χ3v) is 11.2. The van der Waals surface area contributed by atoms with Crippen molar-refractivity contribution in [1.29, 1.82) is 0 Å². The lowest BCUT2D eigenvalue weighted by Gasteiger charge is -2.28. The molecule has 0 amide bonds. The molecule has 1 aliphatic heterocycles. The number of hydrogen-bond donors (Lipinski definition) is 0. The number of nitrogens with zero attached hydrogens (tertiary/aromatic N) is 2. The summed E-state index contributed by atoms with van der Waals surface area (Å²) in [6.07, 6.45) is 0. The Balaban J connectivity index is 1.05. The van der Waals surface area contributed by atoms with E-state index in [-0.39, 0.29) is 0 Å². The van der Waals surface area contributed by atoms with Gasteiger partial charge in [-0.3, -0.25) is 0 Å². The van der Waals surface area contributed by atoms with Crippen LogP contribution >= 0.6 is 0 Å². The fourth-order valence-electron chi connectivity index (χ4n) is 8.63. The first-order valence-electron chi connectivity index (χ1n) is 19.4. The minimum Gasteiger partial charge on any atom is -0.456 e. The molecular weight excluding hydrogens is 693 g/mol. The standard InChI is InChI=1S/C54H36N2O/c1-5-16-38(17-6-1)55(39-18-7-2-8-19-39)42-30-28-37(29-31-42)48-35-50-47-26-15-27-52-54(47)51(36-49(50)45-25-14-13-24-44(45)48)46-33-32-43(34-53(46)57-52)56(40-20-9-3-10-21-40)41-22-11-4-12-23-41/h1-36H. The normalized spacial score (nSPS) is 11.6. The maximum Gasteiger partial charge on any atom is 0.137 e. The highest BCUT2D eigenvalue weighted by Crippen LogP contribution is 2.52. The first-order valence-corrected chi connectivity index (χ1v) is 19.4. The average molecular weight is 729 g/mol. The zero-order valence-corrected chi connectivity index (χ0v) is 31.1. The predicted molar refractivity (Wildman–Crippen MR) is 239 cm³/mol. The Morgan fingerprint density at radius 1 is 0.263 bits per heavy atom. The molecular formula is C54H36N2O. The van der Waals surface area contributed by atoms with Crippen LogP contribution in [0.3, 0.4) is 0 Å². The van der Waals surface area contributed by atoms with Crippen LogP contribution in [-0.4, -0.2) is 0 Å². The Kier molecular flexibility index (Phi) is 7.82. The molecule has 0 fully saturated rings. The maximum atomic E-state index is 6.84. The Hall–Kier alpha value is -7.62. The zero-order valence-electron chi connectivity index (χ0n) is 31.1. The first kappa shape index (κ1) is 32.8. The molecule has 0 saturated heterocycles. The molecule has 10 aromatic rings. The van der Waals surface area contributed by atoms with E-state index in [0.29, 0.717) is 0 Å². The van der Waals surface area contributed by atoms with Crippen LogP contribution in [-0.2, 0) is 0 Å². The smallest absolute Gasteiger partial charge is 0.137 e. The fraction of sp³-hybridized carbons (Fsp3) is 0. The van der Waals surface area contributed by atoms with Crippen molar-refractivity contribution < 1.29 is 4.74 Å². The molecule has 0 unspecified atom stereocenters. The highest BCUT2D eigenvalue weighted by atomic mass is 16.5. The van der Waals surface area contributed by atoms with E-state index >= 15 is 0 Å². The van der Waals surface area contributed by atoms with Crippen molar-refractivity contribution in [2.45, 2.75) is 0 Å². The van der Waals surface area contributed by atoms with Crippen molar-refractivity contribution in [3.63, 3.8) is 0 Å². The Morgan fingerprint density at radius 2 is 0.719 bits per heavy atom. The summed E-state index contributed by atoms with van der Waals surface area (Å²) >= 11 is 0. The molecule has 11 rings (SSSR count). The second kappa shape index (κ2) is 13.6. The summed E-state index contributed by atoms with van der Waals surface area (Å²) in [4.78, 5) is 4.58. The predicted octanol–water partition coefficient (Wildman–Crippen LogP) is 15.5. The fourth-order valence-corrected chi connectivity index (χ4v) is 8.63. The minimum atomic E-state index is 0.852. The van der Waals surface area contributed by atoms with E-state index in [4.69, 9.17) is 4.74 Å². The highest BCUT2D eigenvalue weighted by Gasteiger charge is 2.25. The lowest BCUT2D eigenvalue weighted by Crippen LogP contribution is -2.10.